The van der Waals surface area contributed by atoms with Crippen molar-refractivity contribution < 1.29 is 14.7 Å². The van der Waals surface area contributed by atoms with Crippen molar-refractivity contribution in [2.24, 2.45) is 0 Å². The van der Waals surface area contributed by atoms with E-state index >= 15 is 0 Å². The summed E-state index contributed by atoms with van der Waals surface area (Å²) in [6, 6.07) is 3.16. The lowest BCUT2D eigenvalue weighted by Crippen LogP contribution is -2.46. The zero-order chi connectivity index (χ0) is 15.2. The Labute approximate surface area is 124 Å². The molecule has 1 aromatic heterocycles. The van der Waals surface area contributed by atoms with Crippen LogP contribution in [0.25, 0.3) is 0 Å². The van der Waals surface area contributed by atoms with Gasteiger partial charge in [0.05, 0.1) is 0 Å². The standard InChI is InChI=1S/C15H21N3O3/c1-2-9-18(12-4-6-16-7-5-12)14(19)11-3-8-17-13(10-11)15(20)21/h3,8,10,12,16H,2,4-7,9H2,1H3,(H,20,21). The van der Waals surface area contributed by atoms with Crippen molar-refractivity contribution in [3.8, 4) is 0 Å². The van der Waals surface area contributed by atoms with Crippen molar-refractivity contribution in [1.82, 2.24) is 15.2 Å². The van der Waals surface area contributed by atoms with E-state index in [1.165, 1.54) is 12.3 Å². The van der Waals surface area contributed by atoms with E-state index in [-0.39, 0.29) is 17.6 Å². The molecule has 114 valence electrons. The van der Waals surface area contributed by atoms with Gasteiger partial charge in [-0.2, -0.15) is 0 Å². The molecule has 0 unspecified atom stereocenters. The quantitative estimate of drug-likeness (QED) is 0.856. The molecule has 2 heterocycles. The van der Waals surface area contributed by atoms with E-state index in [1.807, 2.05) is 11.8 Å². The molecule has 1 aromatic rings. The number of pyridine rings is 1. The van der Waals surface area contributed by atoms with Crippen LogP contribution in [0.3, 0.4) is 0 Å². The molecule has 2 N–H and O–H groups in total. The maximum Gasteiger partial charge on any atom is 0.354 e. The molecule has 0 spiro atoms. The number of hydrogen-bond acceptors (Lipinski definition) is 4. The molecule has 1 amide bonds. The summed E-state index contributed by atoms with van der Waals surface area (Å²) in [6.45, 7) is 4.55. The molecular formula is C15H21N3O3. The summed E-state index contributed by atoms with van der Waals surface area (Å²) in [5, 5.41) is 12.3. The van der Waals surface area contributed by atoms with Gasteiger partial charge in [-0.3, -0.25) is 4.79 Å². The van der Waals surface area contributed by atoms with Gasteiger partial charge in [-0.15, -0.1) is 0 Å². The first kappa shape index (κ1) is 15.4. The lowest BCUT2D eigenvalue weighted by molar-refractivity contribution is 0.0642. The van der Waals surface area contributed by atoms with Crippen LogP contribution in [0.2, 0.25) is 0 Å². The van der Waals surface area contributed by atoms with Gasteiger partial charge in [0.25, 0.3) is 5.91 Å². The number of carbonyl (C=O) groups excluding carboxylic acids is 1. The topological polar surface area (TPSA) is 82.5 Å². The maximum absolute atomic E-state index is 12.7. The number of carbonyl (C=O) groups is 2. The zero-order valence-corrected chi connectivity index (χ0v) is 12.2. The minimum atomic E-state index is -1.12. The van der Waals surface area contributed by atoms with Gasteiger partial charge >= 0.3 is 5.97 Å². The van der Waals surface area contributed by atoms with E-state index in [0.29, 0.717) is 12.1 Å². The normalized spacial score (nSPS) is 15.7. The van der Waals surface area contributed by atoms with E-state index in [0.717, 1.165) is 32.4 Å². The summed E-state index contributed by atoms with van der Waals surface area (Å²) in [5.41, 5.74) is 0.303. The summed E-state index contributed by atoms with van der Waals surface area (Å²) >= 11 is 0. The second-order valence-corrected chi connectivity index (χ2v) is 5.21. The van der Waals surface area contributed by atoms with Crippen LogP contribution in [-0.4, -0.2) is 52.5 Å². The number of aromatic carboxylic acids is 1. The molecule has 0 radical (unpaired) electrons. The number of carboxylic acids is 1. The third kappa shape index (κ3) is 3.78. The Morgan fingerprint density at radius 3 is 2.76 bits per heavy atom. The van der Waals surface area contributed by atoms with Gasteiger partial charge in [-0.1, -0.05) is 6.92 Å². The highest BCUT2D eigenvalue weighted by molar-refractivity contribution is 5.96. The largest absolute Gasteiger partial charge is 0.477 e. The molecule has 1 saturated heterocycles. The molecule has 0 bridgehead atoms. The Bertz CT molecular complexity index is 513. The summed E-state index contributed by atoms with van der Waals surface area (Å²) in [6.07, 6.45) is 4.13. The summed E-state index contributed by atoms with van der Waals surface area (Å²) in [4.78, 5) is 29.3. The summed E-state index contributed by atoms with van der Waals surface area (Å²) < 4.78 is 0. The first-order valence-corrected chi connectivity index (χ1v) is 7.34. The van der Waals surface area contributed by atoms with Crippen LogP contribution in [0.4, 0.5) is 0 Å². The van der Waals surface area contributed by atoms with Crippen molar-refractivity contribution in [3.05, 3.63) is 29.6 Å². The Balaban J connectivity index is 2.20. The molecule has 21 heavy (non-hydrogen) atoms. The Hall–Kier alpha value is -1.95. The first-order valence-electron chi connectivity index (χ1n) is 7.34. The second kappa shape index (κ2) is 7.17. The fraction of sp³-hybridized carbons (Fsp3) is 0.533. The van der Waals surface area contributed by atoms with Crippen LogP contribution in [0.5, 0.6) is 0 Å². The van der Waals surface area contributed by atoms with Gasteiger partial charge in [-0.05, 0) is 44.5 Å². The summed E-state index contributed by atoms with van der Waals surface area (Å²) in [5.74, 6) is -1.22. The molecule has 0 aromatic carbocycles. The molecule has 1 fully saturated rings. The molecular weight excluding hydrogens is 270 g/mol. The third-order valence-electron chi connectivity index (χ3n) is 3.70. The molecule has 0 saturated carbocycles. The lowest BCUT2D eigenvalue weighted by Gasteiger charge is -2.34. The zero-order valence-electron chi connectivity index (χ0n) is 12.2. The van der Waals surface area contributed by atoms with Crippen LogP contribution in [0.15, 0.2) is 18.3 Å². The lowest BCUT2D eigenvalue weighted by atomic mass is 10.0. The number of carboxylic acid groups (broad SMARTS) is 1. The monoisotopic (exact) mass is 291 g/mol. The van der Waals surface area contributed by atoms with Gasteiger partial charge in [-0.25, -0.2) is 9.78 Å². The predicted octanol–water partition coefficient (Wildman–Crippen LogP) is 1.38. The second-order valence-electron chi connectivity index (χ2n) is 5.21. The van der Waals surface area contributed by atoms with E-state index in [9.17, 15) is 9.59 Å². The van der Waals surface area contributed by atoms with Crippen molar-refractivity contribution in [2.45, 2.75) is 32.2 Å². The van der Waals surface area contributed by atoms with Crippen LogP contribution in [0.1, 0.15) is 47.0 Å². The molecule has 2 rings (SSSR count). The Morgan fingerprint density at radius 1 is 1.43 bits per heavy atom. The molecule has 0 atom stereocenters. The van der Waals surface area contributed by atoms with Crippen molar-refractivity contribution >= 4 is 11.9 Å². The van der Waals surface area contributed by atoms with Gasteiger partial charge in [0, 0.05) is 24.3 Å². The number of hydrogen-bond donors (Lipinski definition) is 2. The minimum Gasteiger partial charge on any atom is -0.477 e. The Morgan fingerprint density at radius 2 is 2.14 bits per heavy atom. The SMILES string of the molecule is CCCN(C(=O)c1ccnc(C(=O)O)c1)C1CCNCC1. The van der Waals surface area contributed by atoms with E-state index in [1.54, 1.807) is 6.07 Å². The van der Waals surface area contributed by atoms with E-state index in [2.05, 4.69) is 10.3 Å². The molecule has 1 aliphatic rings. The number of nitrogens with zero attached hydrogens (tertiary/aromatic N) is 2. The molecule has 0 aliphatic carbocycles. The predicted molar refractivity (Wildman–Crippen MR) is 78.4 cm³/mol. The van der Waals surface area contributed by atoms with Crippen LogP contribution in [0, 0.1) is 0 Å². The number of piperidine rings is 1. The Kier molecular flexibility index (Phi) is 5.27. The van der Waals surface area contributed by atoms with Gasteiger partial charge < -0.3 is 15.3 Å². The van der Waals surface area contributed by atoms with E-state index in [4.69, 9.17) is 5.11 Å². The average molecular weight is 291 g/mol. The molecule has 1 aliphatic heterocycles. The van der Waals surface area contributed by atoms with Crippen molar-refractivity contribution in [3.63, 3.8) is 0 Å². The number of rotatable bonds is 5. The van der Waals surface area contributed by atoms with Gasteiger partial charge in [0.1, 0.15) is 5.69 Å². The highest BCUT2D eigenvalue weighted by Crippen LogP contribution is 2.16. The number of nitrogens with one attached hydrogen (secondary N) is 1. The van der Waals surface area contributed by atoms with Gasteiger partial charge in [0.2, 0.25) is 0 Å². The van der Waals surface area contributed by atoms with Crippen LogP contribution in [-0.2, 0) is 0 Å². The fourth-order valence-corrected chi connectivity index (χ4v) is 2.66. The number of amides is 1. The fourth-order valence-electron chi connectivity index (χ4n) is 2.66. The average Bonchev–Trinajstić information content (AvgIpc) is 2.53. The smallest absolute Gasteiger partial charge is 0.354 e. The maximum atomic E-state index is 12.7. The summed E-state index contributed by atoms with van der Waals surface area (Å²) in [7, 11) is 0. The third-order valence-corrected chi connectivity index (χ3v) is 3.70. The van der Waals surface area contributed by atoms with Crippen molar-refractivity contribution in [1.29, 1.82) is 0 Å². The highest BCUT2D eigenvalue weighted by atomic mass is 16.4. The number of aromatic nitrogens is 1. The van der Waals surface area contributed by atoms with Crippen molar-refractivity contribution in [2.75, 3.05) is 19.6 Å². The minimum absolute atomic E-state index is 0.0948. The molecule has 6 heteroatoms. The molecule has 6 nitrogen and oxygen atoms in total. The van der Waals surface area contributed by atoms with Crippen LogP contribution < -0.4 is 5.32 Å². The van der Waals surface area contributed by atoms with Gasteiger partial charge in [0.15, 0.2) is 0 Å². The van der Waals surface area contributed by atoms with E-state index < -0.39 is 5.97 Å². The highest BCUT2D eigenvalue weighted by Gasteiger charge is 2.26. The first-order chi connectivity index (χ1) is 10.1. The van der Waals surface area contributed by atoms with Crippen LogP contribution >= 0.6 is 0 Å².